The number of halogens is 2. The monoisotopic (exact) mass is 636 g/mol. The predicted molar refractivity (Wildman–Crippen MR) is 193 cm³/mol. The molecule has 2 aromatic carbocycles. The van der Waals surface area contributed by atoms with E-state index in [2.05, 4.69) is 112 Å². The molecule has 234 valence electrons. The minimum Gasteiger partial charge on any atom is -0.292 e. The summed E-state index contributed by atoms with van der Waals surface area (Å²) in [6.07, 6.45) is 8.95. The van der Waals surface area contributed by atoms with Crippen LogP contribution in [0.25, 0.3) is 0 Å². The van der Waals surface area contributed by atoms with Crippen molar-refractivity contribution in [3.8, 4) is 0 Å². The number of benzene rings is 2. The molecular formula is C35H60BrFN4. The first-order chi connectivity index (χ1) is 18.8. The number of rotatable bonds is 12. The van der Waals surface area contributed by atoms with Crippen LogP contribution in [0.5, 0.6) is 0 Å². The molecule has 0 aliphatic rings. The number of aryl methyl sites for hydroxylation is 4. The molecule has 0 saturated heterocycles. The van der Waals surface area contributed by atoms with Crippen molar-refractivity contribution >= 4 is 38.8 Å². The molecule has 6 heteroatoms. The number of aliphatic imine (C=N–C) groups is 4. The maximum Gasteiger partial charge on any atom is 0.0554 e. The molecule has 0 fully saturated rings. The Morgan fingerprint density at radius 1 is 0.634 bits per heavy atom. The maximum atomic E-state index is 4.37. The van der Waals surface area contributed by atoms with Gasteiger partial charge in [0.05, 0.1) is 22.8 Å². The lowest BCUT2D eigenvalue weighted by Crippen LogP contribution is -2.13. The average molecular weight is 638 g/mol. The molecule has 2 aromatic rings. The van der Waals surface area contributed by atoms with E-state index in [0.717, 1.165) is 48.1 Å². The molecule has 0 aliphatic heterocycles. The van der Waals surface area contributed by atoms with Gasteiger partial charge in [-0.2, -0.15) is 0 Å². The van der Waals surface area contributed by atoms with Crippen LogP contribution in [0, 0.1) is 13.8 Å². The highest BCUT2D eigenvalue weighted by Crippen LogP contribution is 2.10. The van der Waals surface area contributed by atoms with Gasteiger partial charge in [0.2, 0.25) is 0 Å². The second-order valence-electron chi connectivity index (χ2n) is 9.50. The van der Waals surface area contributed by atoms with Crippen LogP contribution in [0.1, 0.15) is 90.4 Å². The minimum absolute atomic E-state index is 0. The molecule has 0 heterocycles. The zero-order valence-corrected chi connectivity index (χ0v) is 28.1. The standard InChI is InChI=1S/C17H26N2.C10H13Br.C7H14N2.CH4.FH.H2/c1-5-16(18-3)17(19-4)9-7-6-8-15-12-10-14(2)11-13-15;1-9-4-6-10(7-5-9)3-2-8-11;1-5-7(9-4)6(2)8-3;;;/h10-13H,5-9H2,1-4H3;4-7H,2-3,8H2,1H3;5H2,1-4H3;1H4;2*1H/i;;;;;1+2. The Kier molecular flexibility index (Phi) is 29.0. The lowest BCUT2D eigenvalue weighted by atomic mass is 10.0. The van der Waals surface area contributed by atoms with Crippen LogP contribution < -0.4 is 0 Å². The largest absolute Gasteiger partial charge is 0.292 e. The first kappa shape index (κ1) is 43.0. The van der Waals surface area contributed by atoms with Gasteiger partial charge in [-0.05, 0) is 83.3 Å². The molecule has 2 rings (SSSR count). The van der Waals surface area contributed by atoms with Gasteiger partial charge in [0.1, 0.15) is 0 Å². The van der Waals surface area contributed by atoms with Crippen molar-refractivity contribution in [2.24, 2.45) is 20.0 Å². The third-order valence-corrected chi connectivity index (χ3v) is 7.10. The van der Waals surface area contributed by atoms with E-state index in [0.29, 0.717) is 0 Å². The van der Waals surface area contributed by atoms with Crippen molar-refractivity contribution in [3.05, 3.63) is 70.8 Å². The van der Waals surface area contributed by atoms with Crippen molar-refractivity contribution in [1.29, 1.82) is 0 Å². The van der Waals surface area contributed by atoms with Crippen LogP contribution in [0.2, 0.25) is 0 Å². The Hall–Kier alpha value is -2.47. The van der Waals surface area contributed by atoms with Gasteiger partial charge < -0.3 is 0 Å². The fraction of sp³-hybridized carbons (Fsp3) is 0.543. The molecule has 4 nitrogen and oxygen atoms in total. The van der Waals surface area contributed by atoms with Gasteiger partial charge in [0, 0.05) is 34.9 Å². The van der Waals surface area contributed by atoms with E-state index in [1.807, 2.05) is 21.0 Å². The summed E-state index contributed by atoms with van der Waals surface area (Å²) in [6.45, 7) is 10.4. The highest BCUT2D eigenvalue weighted by atomic mass is 79.9. The van der Waals surface area contributed by atoms with Crippen LogP contribution in [0.3, 0.4) is 0 Å². The van der Waals surface area contributed by atoms with Crippen LogP contribution >= 0.6 is 15.9 Å². The molecule has 0 N–H and O–H groups in total. The highest BCUT2D eigenvalue weighted by Gasteiger charge is 2.05. The first-order valence-electron chi connectivity index (χ1n) is 14.3. The maximum absolute atomic E-state index is 4.37. The second kappa shape index (κ2) is 27.7. The summed E-state index contributed by atoms with van der Waals surface area (Å²) >= 11 is 3.42. The van der Waals surface area contributed by atoms with Crippen molar-refractivity contribution < 1.29 is 6.13 Å². The van der Waals surface area contributed by atoms with Gasteiger partial charge in [0.25, 0.3) is 0 Å². The van der Waals surface area contributed by atoms with Crippen molar-refractivity contribution in [3.63, 3.8) is 0 Å². The number of nitrogens with zero attached hydrogens (tertiary/aromatic N) is 4. The molecular weight excluding hydrogens is 575 g/mol. The number of hydrogen-bond acceptors (Lipinski definition) is 4. The molecule has 0 atom stereocenters. The predicted octanol–water partition coefficient (Wildman–Crippen LogP) is 10.2. The fourth-order valence-corrected chi connectivity index (χ4v) is 4.26. The van der Waals surface area contributed by atoms with Gasteiger partial charge in [-0.3, -0.25) is 24.7 Å². The van der Waals surface area contributed by atoms with Crippen LogP contribution in [-0.4, -0.2) is 56.4 Å². The molecule has 0 aromatic heterocycles. The third-order valence-electron chi connectivity index (χ3n) is 6.54. The first-order valence-corrected chi connectivity index (χ1v) is 15.4. The summed E-state index contributed by atoms with van der Waals surface area (Å²) in [5.74, 6) is 0. The lowest BCUT2D eigenvalue weighted by Gasteiger charge is -2.07. The van der Waals surface area contributed by atoms with Gasteiger partial charge in [0.15, 0.2) is 0 Å². The fourth-order valence-electron chi connectivity index (χ4n) is 3.98. The zero-order chi connectivity index (χ0) is 29.5. The topological polar surface area (TPSA) is 49.4 Å². The van der Waals surface area contributed by atoms with E-state index in [9.17, 15) is 0 Å². The average Bonchev–Trinajstić information content (AvgIpc) is 2.96. The van der Waals surface area contributed by atoms with Gasteiger partial charge in [-0.15, -0.1) is 0 Å². The number of alkyl halides is 1. The van der Waals surface area contributed by atoms with Gasteiger partial charge in [-0.25, -0.2) is 0 Å². The van der Waals surface area contributed by atoms with E-state index in [4.69, 9.17) is 0 Å². The minimum atomic E-state index is 0. The Balaban J connectivity index is -0.000000270. The number of unbranched alkanes of at least 4 members (excludes halogenated alkanes) is 1. The Labute approximate surface area is 262 Å². The molecule has 0 bridgehead atoms. The summed E-state index contributed by atoms with van der Waals surface area (Å²) in [5.41, 5.74) is 10.0. The summed E-state index contributed by atoms with van der Waals surface area (Å²) < 4.78 is 0. The van der Waals surface area contributed by atoms with Crippen LogP contribution in [-0.2, 0) is 12.8 Å². The highest BCUT2D eigenvalue weighted by molar-refractivity contribution is 9.09. The van der Waals surface area contributed by atoms with E-state index in [1.54, 1.807) is 14.1 Å². The smallest absolute Gasteiger partial charge is 0.0554 e. The van der Waals surface area contributed by atoms with E-state index in [1.165, 1.54) is 53.6 Å². The molecule has 41 heavy (non-hydrogen) atoms. The van der Waals surface area contributed by atoms with E-state index >= 15 is 0 Å². The lowest BCUT2D eigenvalue weighted by molar-refractivity contribution is 0.762. The number of hydrogen-bond donors (Lipinski definition) is 0. The summed E-state index contributed by atoms with van der Waals surface area (Å²) in [5, 5.41) is 1.10. The summed E-state index contributed by atoms with van der Waals surface area (Å²) in [7, 11) is 7.32. The van der Waals surface area contributed by atoms with E-state index < -0.39 is 0 Å². The van der Waals surface area contributed by atoms with Crippen molar-refractivity contribution in [2.75, 3.05) is 33.5 Å². The Morgan fingerprint density at radius 3 is 1.37 bits per heavy atom. The summed E-state index contributed by atoms with van der Waals surface area (Å²) in [4.78, 5) is 16.8. The SMILES string of the molecule is C.CCC(=NC)C(C)=NC.CCC(=NC)C(CCCCc1ccc(C)cc1)=NC.Cc1ccc(CCCBr)cc1.F.[3HH]. The molecule has 0 unspecified atom stereocenters. The van der Waals surface area contributed by atoms with Crippen LogP contribution in [0.15, 0.2) is 68.5 Å². The molecule has 0 radical (unpaired) electrons. The summed E-state index contributed by atoms with van der Waals surface area (Å²) in [6, 6.07) is 17.6. The Bertz CT molecular complexity index is 1030. The quantitative estimate of drug-likeness (QED) is 0.126. The van der Waals surface area contributed by atoms with Gasteiger partial charge in [-0.1, -0.05) is 96.9 Å². The molecule has 0 aliphatic carbocycles. The van der Waals surface area contributed by atoms with E-state index in [-0.39, 0.29) is 13.6 Å². The Morgan fingerprint density at radius 2 is 1.05 bits per heavy atom. The third kappa shape index (κ3) is 20.1. The second-order valence-corrected chi connectivity index (χ2v) is 10.3. The van der Waals surface area contributed by atoms with Crippen LogP contribution in [0.4, 0.5) is 4.70 Å². The molecule has 0 saturated carbocycles. The molecule has 0 spiro atoms. The normalized spacial score (nSPS) is 11.8. The van der Waals surface area contributed by atoms with Crippen molar-refractivity contribution in [2.45, 2.75) is 93.4 Å². The van der Waals surface area contributed by atoms with Gasteiger partial charge >= 0.3 is 0 Å². The zero-order valence-electron chi connectivity index (χ0n) is 26.6. The van der Waals surface area contributed by atoms with Crippen molar-refractivity contribution in [1.82, 2.24) is 0 Å². The molecule has 0 amide bonds.